The van der Waals surface area contributed by atoms with Crippen molar-refractivity contribution in [1.29, 1.82) is 0 Å². The maximum atomic E-state index is 11.2. The van der Waals surface area contributed by atoms with Gasteiger partial charge in [0.15, 0.2) is 5.17 Å². The van der Waals surface area contributed by atoms with Crippen LogP contribution in [0, 0.1) is 13.8 Å². The summed E-state index contributed by atoms with van der Waals surface area (Å²) in [7, 11) is 0. The Morgan fingerprint density at radius 1 is 1.47 bits per heavy atom. The number of oxime groups is 1. The standard InChI is InChI=1S/C10H10ClNO2S/c1-5-3-4-7(10(13)15)6(2)8(5)9(11)12-14/h3-4,14H,1-2H3,(H,13,15). The van der Waals surface area contributed by atoms with E-state index in [0.29, 0.717) is 16.7 Å². The summed E-state index contributed by atoms with van der Waals surface area (Å²) in [6.45, 7) is 3.56. The third-order valence-electron chi connectivity index (χ3n) is 2.20. The monoisotopic (exact) mass is 243 g/mol. The smallest absolute Gasteiger partial charge is 0.216 e. The minimum Gasteiger partial charge on any atom is -0.410 e. The first-order chi connectivity index (χ1) is 6.99. The summed E-state index contributed by atoms with van der Waals surface area (Å²) in [5, 5.41) is 11.2. The topological polar surface area (TPSA) is 49.7 Å². The van der Waals surface area contributed by atoms with Gasteiger partial charge in [-0.3, -0.25) is 4.79 Å². The van der Waals surface area contributed by atoms with Crippen molar-refractivity contribution >= 4 is 34.5 Å². The molecule has 0 aliphatic carbocycles. The number of thiol groups is 1. The molecule has 3 nitrogen and oxygen atoms in total. The first kappa shape index (κ1) is 12.1. The second-order valence-corrected chi connectivity index (χ2v) is 3.89. The normalized spacial score (nSPS) is 11.6. The molecule has 15 heavy (non-hydrogen) atoms. The van der Waals surface area contributed by atoms with Crippen LogP contribution in [0.25, 0.3) is 0 Å². The third-order valence-corrected chi connectivity index (χ3v) is 2.70. The Morgan fingerprint density at radius 3 is 2.53 bits per heavy atom. The second kappa shape index (κ2) is 4.68. The minimum absolute atomic E-state index is 0.0265. The number of carbonyl (C=O) groups is 1. The number of rotatable bonds is 2. The molecule has 0 bridgehead atoms. The summed E-state index contributed by atoms with van der Waals surface area (Å²) in [6, 6.07) is 3.41. The zero-order valence-electron chi connectivity index (χ0n) is 8.28. The molecule has 0 spiro atoms. The SMILES string of the molecule is Cc1ccc(C(=O)S)c(C)c1C(Cl)=NO. The van der Waals surface area contributed by atoms with Crippen LogP contribution in [0.15, 0.2) is 17.3 Å². The molecule has 0 heterocycles. The number of aryl methyl sites for hydroxylation is 1. The molecule has 0 amide bonds. The second-order valence-electron chi connectivity index (χ2n) is 3.13. The van der Waals surface area contributed by atoms with Gasteiger partial charge in [-0.15, -0.1) is 12.6 Å². The van der Waals surface area contributed by atoms with Gasteiger partial charge >= 0.3 is 0 Å². The minimum atomic E-state index is -0.337. The Balaban J connectivity index is 3.50. The van der Waals surface area contributed by atoms with Crippen LogP contribution in [-0.2, 0) is 0 Å². The summed E-state index contributed by atoms with van der Waals surface area (Å²) in [5.74, 6) is 0. The van der Waals surface area contributed by atoms with E-state index in [1.54, 1.807) is 19.1 Å². The first-order valence-corrected chi connectivity index (χ1v) is 5.03. The average molecular weight is 244 g/mol. The fraction of sp³-hybridized carbons (Fsp3) is 0.200. The lowest BCUT2D eigenvalue weighted by Crippen LogP contribution is -2.04. The van der Waals surface area contributed by atoms with E-state index in [2.05, 4.69) is 17.8 Å². The van der Waals surface area contributed by atoms with Crippen LogP contribution in [-0.4, -0.2) is 15.5 Å². The molecule has 80 valence electrons. The molecular formula is C10H10ClNO2S. The summed E-state index contributed by atoms with van der Waals surface area (Å²) >= 11 is 9.49. The lowest BCUT2D eigenvalue weighted by molar-refractivity contribution is 0.109. The Morgan fingerprint density at radius 2 is 2.07 bits per heavy atom. The number of nitrogens with zero attached hydrogens (tertiary/aromatic N) is 1. The number of benzene rings is 1. The molecule has 1 aromatic carbocycles. The molecule has 0 atom stereocenters. The van der Waals surface area contributed by atoms with Gasteiger partial charge in [0.05, 0.1) is 0 Å². The van der Waals surface area contributed by atoms with Gasteiger partial charge in [-0.05, 0) is 31.0 Å². The third kappa shape index (κ3) is 2.33. The maximum absolute atomic E-state index is 11.2. The lowest BCUT2D eigenvalue weighted by Gasteiger charge is -2.09. The average Bonchev–Trinajstić information content (AvgIpc) is 2.16. The predicted octanol–water partition coefficient (Wildman–Crippen LogP) is 2.75. The zero-order chi connectivity index (χ0) is 11.6. The predicted molar refractivity (Wildman–Crippen MR) is 63.4 cm³/mol. The van der Waals surface area contributed by atoms with E-state index in [4.69, 9.17) is 16.8 Å². The number of hydrogen-bond acceptors (Lipinski definition) is 3. The van der Waals surface area contributed by atoms with E-state index in [1.807, 2.05) is 6.92 Å². The van der Waals surface area contributed by atoms with Crippen LogP contribution < -0.4 is 0 Å². The molecule has 0 unspecified atom stereocenters. The Labute approximate surface area is 98.2 Å². The lowest BCUT2D eigenvalue weighted by atomic mass is 9.99. The molecule has 0 aliphatic heterocycles. The van der Waals surface area contributed by atoms with Crippen LogP contribution in [0.2, 0.25) is 0 Å². The van der Waals surface area contributed by atoms with Gasteiger partial charge in [-0.2, -0.15) is 0 Å². The molecule has 5 heteroatoms. The fourth-order valence-electron chi connectivity index (χ4n) is 1.45. The van der Waals surface area contributed by atoms with Gasteiger partial charge in [-0.1, -0.05) is 22.8 Å². The van der Waals surface area contributed by atoms with E-state index in [1.165, 1.54) is 0 Å². The molecular weight excluding hydrogens is 234 g/mol. The van der Waals surface area contributed by atoms with Crippen LogP contribution >= 0.6 is 24.2 Å². The first-order valence-electron chi connectivity index (χ1n) is 4.20. The zero-order valence-corrected chi connectivity index (χ0v) is 9.93. The van der Waals surface area contributed by atoms with Gasteiger partial charge in [0.1, 0.15) is 0 Å². The van der Waals surface area contributed by atoms with Crippen molar-refractivity contribution in [2.75, 3.05) is 0 Å². The molecule has 1 aromatic rings. The summed E-state index contributed by atoms with van der Waals surface area (Å²) in [5.41, 5.74) is 2.53. The van der Waals surface area contributed by atoms with Crippen molar-refractivity contribution in [3.8, 4) is 0 Å². The molecule has 0 saturated carbocycles. The van der Waals surface area contributed by atoms with Crippen LogP contribution in [0.4, 0.5) is 0 Å². The highest BCUT2D eigenvalue weighted by molar-refractivity contribution is 7.97. The van der Waals surface area contributed by atoms with E-state index < -0.39 is 0 Å². The molecule has 0 fully saturated rings. The van der Waals surface area contributed by atoms with Crippen molar-refractivity contribution in [1.82, 2.24) is 0 Å². The molecule has 0 aliphatic rings. The summed E-state index contributed by atoms with van der Waals surface area (Å²) in [6.07, 6.45) is 0. The molecule has 0 radical (unpaired) electrons. The summed E-state index contributed by atoms with van der Waals surface area (Å²) in [4.78, 5) is 11.2. The number of hydrogen-bond donors (Lipinski definition) is 2. The largest absolute Gasteiger partial charge is 0.410 e. The highest BCUT2D eigenvalue weighted by Crippen LogP contribution is 2.21. The van der Waals surface area contributed by atoms with Gasteiger partial charge in [0.25, 0.3) is 0 Å². The van der Waals surface area contributed by atoms with Gasteiger partial charge in [-0.25, -0.2) is 0 Å². The van der Waals surface area contributed by atoms with Crippen LogP contribution in [0.3, 0.4) is 0 Å². The maximum Gasteiger partial charge on any atom is 0.216 e. The fourth-order valence-corrected chi connectivity index (χ4v) is 1.98. The highest BCUT2D eigenvalue weighted by atomic mass is 35.5. The summed E-state index contributed by atoms with van der Waals surface area (Å²) < 4.78 is 0. The van der Waals surface area contributed by atoms with Gasteiger partial charge in [0, 0.05) is 11.1 Å². The number of carbonyl (C=O) groups excluding carboxylic acids is 1. The Kier molecular flexibility index (Phi) is 3.77. The van der Waals surface area contributed by atoms with Crippen molar-refractivity contribution in [3.05, 3.63) is 34.4 Å². The molecule has 1 rings (SSSR count). The molecule has 0 saturated heterocycles. The quantitative estimate of drug-likeness (QED) is 0.363. The Bertz CT molecular complexity index is 443. The van der Waals surface area contributed by atoms with E-state index in [9.17, 15) is 4.79 Å². The van der Waals surface area contributed by atoms with Gasteiger partial charge in [0.2, 0.25) is 5.12 Å². The molecule has 0 aromatic heterocycles. The van der Waals surface area contributed by atoms with Crippen LogP contribution in [0.1, 0.15) is 27.0 Å². The van der Waals surface area contributed by atoms with Crippen molar-refractivity contribution in [3.63, 3.8) is 0 Å². The Hall–Kier alpha value is -1.00. The number of halogens is 1. The molecule has 1 N–H and O–H groups in total. The van der Waals surface area contributed by atoms with Gasteiger partial charge < -0.3 is 5.21 Å². The van der Waals surface area contributed by atoms with E-state index in [-0.39, 0.29) is 10.3 Å². The van der Waals surface area contributed by atoms with Crippen molar-refractivity contribution in [2.24, 2.45) is 5.16 Å². The van der Waals surface area contributed by atoms with Crippen molar-refractivity contribution in [2.45, 2.75) is 13.8 Å². The van der Waals surface area contributed by atoms with E-state index >= 15 is 0 Å². The van der Waals surface area contributed by atoms with E-state index in [0.717, 1.165) is 5.56 Å². The van der Waals surface area contributed by atoms with Crippen LogP contribution in [0.5, 0.6) is 0 Å². The van der Waals surface area contributed by atoms with Crippen molar-refractivity contribution < 1.29 is 10.0 Å². The highest BCUT2D eigenvalue weighted by Gasteiger charge is 2.14.